The Kier molecular flexibility index (Phi) is 5.28. The Labute approximate surface area is 78.1 Å². The van der Waals surface area contributed by atoms with Gasteiger partial charge < -0.3 is 0 Å². The monoisotopic (exact) mass is 168 g/mol. The van der Waals surface area contributed by atoms with Gasteiger partial charge in [0, 0.05) is 0 Å². The minimum absolute atomic E-state index is 0.705. The summed E-state index contributed by atoms with van der Waals surface area (Å²) in [6, 6.07) is 0. The van der Waals surface area contributed by atoms with Gasteiger partial charge in [0.15, 0.2) is 0 Å². The van der Waals surface area contributed by atoms with Crippen LogP contribution < -0.4 is 0 Å². The lowest BCUT2D eigenvalue weighted by Crippen LogP contribution is -2.05. The summed E-state index contributed by atoms with van der Waals surface area (Å²) in [6.45, 7) is 13.7. The summed E-state index contributed by atoms with van der Waals surface area (Å²) in [6.07, 6.45) is 3.71. The first kappa shape index (κ1) is 11.7. The van der Waals surface area contributed by atoms with E-state index in [4.69, 9.17) is 0 Å². The Morgan fingerprint density at radius 3 is 2.00 bits per heavy atom. The van der Waals surface area contributed by atoms with Gasteiger partial charge in [0.25, 0.3) is 0 Å². The van der Waals surface area contributed by atoms with E-state index in [9.17, 15) is 0 Å². The van der Waals surface area contributed by atoms with Crippen molar-refractivity contribution in [3.63, 3.8) is 0 Å². The Hall–Kier alpha value is -0.260. The smallest absolute Gasteiger partial charge is 0.0234 e. The molecule has 2 atom stereocenters. The molecular formula is C12H24. The van der Waals surface area contributed by atoms with E-state index in [1.165, 1.54) is 12.0 Å². The van der Waals surface area contributed by atoms with Crippen LogP contribution in [0.2, 0.25) is 0 Å². The third kappa shape index (κ3) is 3.94. The van der Waals surface area contributed by atoms with E-state index in [1.807, 2.05) is 0 Å². The first-order chi connectivity index (χ1) is 5.49. The van der Waals surface area contributed by atoms with E-state index in [-0.39, 0.29) is 0 Å². The molecule has 0 saturated heterocycles. The molecule has 0 nitrogen and oxygen atoms in total. The predicted molar refractivity (Wildman–Crippen MR) is 57.2 cm³/mol. The van der Waals surface area contributed by atoms with Gasteiger partial charge in [-0.3, -0.25) is 0 Å². The first-order valence-electron chi connectivity index (χ1n) is 5.17. The summed E-state index contributed by atoms with van der Waals surface area (Å²) in [5.74, 6) is 2.26. The van der Waals surface area contributed by atoms with Gasteiger partial charge in [-0.1, -0.05) is 52.7 Å². The summed E-state index contributed by atoms with van der Waals surface area (Å²) in [5, 5.41) is 0. The van der Waals surface area contributed by atoms with Crippen molar-refractivity contribution in [2.24, 2.45) is 17.8 Å². The molecule has 0 aromatic carbocycles. The highest BCUT2D eigenvalue weighted by atomic mass is 14.1. The summed E-state index contributed by atoms with van der Waals surface area (Å²) < 4.78 is 0. The first-order valence-corrected chi connectivity index (χ1v) is 5.17. The van der Waals surface area contributed by atoms with Crippen LogP contribution in [-0.4, -0.2) is 0 Å². The number of allylic oxidation sites excluding steroid dienone is 2. The number of hydrogen-bond donors (Lipinski definition) is 0. The zero-order chi connectivity index (χ0) is 9.72. The Morgan fingerprint density at radius 1 is 1.17 bits per heavy atom. The zero-order valence-corrected chi connectivity index (χ0v) is 9.52. The van der Waals surface area contributed by atoms with Crippen molar-refractivity contribution in [1.29, 1.82) is 0 Å². The summed E-state index contributed by atoms with van der Waals surface area (Å²) in [5.41, 5.74) is 1.53. The molecule has 0 amide bonds. The molecule has 72 valence electrons. The van der Waals surface area contributed by atoms with E-state index in [1.54, 1.807) is 0 Å². The lowest BCUT2D eigenvalue weighted by molar-refractivity contribution is 0.442. The molecule has 12 heavy (non-hydrogen) atoms. The second-order valence-corrected chi connectivity index (χ2v) is 4.31. The molecule has 0 radical (unpaired) electrons. The summed E-state index contributed by atoms with van der Waals surface area (Å²) in [7, 11) is 0. The van der Waals surface area contributed by atoms with Gasteiger partial charge in [0.05, 0.1) is 0 Å². The topological polar surface area (TPSA) is 0 Å². The SMILES string of the molecule is CCC(C)C(C)C=C(C)C(C)C. The van der Waals surface area contributed by atoms with E-state index in [0.717, 1.165) is 11.8 Å². The summed E-state index contributed by atoms with van der Waals surface area (Å²) in [4.78, 5) is 0. The van der Waals surface area contributed by atoms with Gasteiger partial charge >= 0.3 is 0 Å². The van der Waals surface area contributed by atoms with Gasteiger partial charge in [-0.25, -0.2) is 0 Å². The molecular weight excluding hydrogens is 144 g/mol. The molecule has 0 heteroatoms. The highest BCUT2D eigenvalue weighted by Gasteiger charge is 2.08. The lowest BCUT2D eigenvalue weighted by Gasteiger charge is -2.16. The van der Waals surface area contributed by atoms with Crippen molar-refractivity contribution < 1.29 is 0 Å². The molecule has 0 heterocycles. The van der Waals surface area contributed by atoms with Gasteiger partial charge in [-0.05, 0) is 24.7 Å². The van der Waals surface area contributed by atoms with Crippen LogP contribution in [-0.2, 0) is 0 Å². The molecule has 0 aromatic rings. The molecule has 0 bridgehead atoms. The third-order valence-corrected chi connectivity index (χ3v) is 2.98. The van der Waals surface area contributed by atoms with Crippen LogP contribution in [0, 0.1) is 17.8 Å². The number of hydrogen-bond acceptors (Lipinski definition) is 0. The van der Waals surface area contributed by atoms with Crippen molar-refractivity contribution in [3.05, 3.63) is 11.6 Å². The number of rotatable bonds is 4. The second kappa shape index (κ2) is 5.40. The van der Waals surface area contributed by atoms with E-state index in [2.05, 4.69) is 47.6 Å². The Balaban J connectivity index is 4.13. The molecule has 0 aliphatic carbocycles. The van der Waals surface area contributed by atoms with Crippen molar-refractivity contribution in [2.75, 3.05) is 0 Å². The van der Waals surface area contributed by atoms with Crippen LogP contribution in [0.25, 0.3) is 0 Å². The van der Waals surface area contributed by atoms with Crippen molar-refractivity contribution in [3.8, 4) is 0 Å². The van der Waals surface area contributed by atoms with Gasteiger partial charge in [0.1, 0.15) is 0 Å². The lowest BCUT2D eigenvalue weighted by atomic mass is 9.90. The average Bonchev–Trinajstić information content (AvgIpc) is 2.02. The predicted octanol–water partition coefficient (Wildman–Crippen LogP) is 4.27. The molecule has 0 fully saturated rings. The molecule has 0 rings (SSSR count). The van der Waals surface area contributed by atoms with Crippen LogP contribution in [0.5, 0.6) is 0 Å². The fourth-order valence-electron chi connectivity index (χ4n) is 1.14. The van der Waals surface area contributed by atoms with Crippen molar-refractivity contribution >= 4 is 0 Å². The second-order valence-electron chi connectivity index (χ2n) is 4.31. The molecule has 0 N–H and O–H groups in total. The standard InChI is InChI=1S/C12H24/c1-7-10(4)12(6)8-11(5)9(2)3/h8-10,12H,7H2,1-6H3. The fraction of sp³-hybridized carbons (Fsp3) is 0.833. The van der Waals surface area contributed by atoms with Crippen molar-refractivity contribution in [2.45, 2.75) is 48.0 Å². The van der Waals surface area contributed by atoms with Crippen LogP contribution in [0.3, 0.4) is 0 Å². The molecule has 0 saturated carbocycles. The maximum atomic E-state index is 2.43. The quantitative estimate of drug-likeness (QED) is 0.550. The summed E-state index contributed by atoms with van der Waals surface area (Å²) >= 11 is 0. The van der Waals surface area contributed by atoms with Gasteiger partial charge in [-0.15, -0.1) is 0 Å². The largest absolute Gasteiger partial charge is 0.0822 e. The Bertz CT molecular complexity index is 142. The van der Waals surface area contributed by atoms with Crippen molar-refractivity contribution in [1.82, 2.24) is 0 Å². The average molecular weight is 168 g/mol. The normalized spacial score (nSPS) is 18.1. The maximum Gasteiger partial charge on any atom is -0.0234 e. The fourth-order valence-corrected chi connectivity index (χ4v) is 1.14. The van der Waals surface area contributed by atoms with E-state index >= 15 is 0 Å². The molecule has 0 aromatic heterocycles. The van der Waals surface area contributed by atoms with Crippen LogP contribution in [0.1, 0.15) is 48.0 Å². The molecule has 0 spiro atoms. The van der Waals surface area contributed by atoms with Gasteiger partial charge in [-0.2, -0.15) is 0 Å². The van der Waals surface area contributed by atoms with Crippen LogP contribution >= 0.6 is 0 Å². The highest BCUT2D eigenvalue weighted by molar-refractivity contribution is 5.03. The maximum absolute atomic E-state index is 2.43. The highest BCUT2D eigenvalue weighted by Crippen LogP contribution is 2.19. The Morgan fingerprint density at radius 2 is 1.67 bits per heavy atom. The minimum atomic E-state index is 0.705. The van der Waals surface area contributed by atoms with Gasteiger partial charge in [0.2, 0.25) is 0 Å². The molecule has 2 unspecified atom stereocenters. The van der Waals surface area contributed by atoms with Crippen LogP contribution in [0.15, 0.2) is 11.6 Å². The molecule has 0 aliphatic rings. The minimum Gasteiger partial charge on any atom is -0.0822 e. The third-order valence-electron chi connectivity index (χ3n) is 2.98. The van der Waals surface area contributed by atoms with Crippen LogP contribution in [0.4, 0.5) is 0 Å². The van der Waals surface area contributed by atoms with E-state index in [0.29, 0.717) is 5.92 Å². The van der Waals surface area contributed by atoms with E-state index < -0.39 is 0 Å². The zero-order valence-electron chi connectivity index (χ0n) is 9.52. The molecule has 0 aliphatic heterocycles.